The van der Waals surface area contributed by atoms with Crippen LogP contribution in [0.15, 0.2) is 67.0 Å². The normalized spacial score (nSPS) is 10.9. The monoisotopic (exact) mass is 403 g/mol. The number of halogens is 1. The standard InChI is InChI=1S/C23H22FN5O/c1-16-10-17(2)29(27-16)13-18-6-5-8-19(11-18)23(30)26-21-12-25-28(15-21)14-20-7-3-4-9-22(20)24/h3-12,15H,13-14H2,1-2H3,(H,26,30). The summed E-state index contributed by atoms with van der Waals surface area (Å²) < 4.78 is 17.3. The van der Waals surface area contributed by atoms with Gasteiger partial charge in [0.05, 0.1) is 30.7 Å². The zero-order valence-electron chi connectivity index (χ0n) is 16.8. The first-order valence-corrected chi connectivity index (χ1v) is 9.65. The topological polar surface area (TPSA) is 64.7 Å². The molecule has 6 nitrogen and oxygen atoms in total. The van der Waals surface area contributed by atoms with Crippen LogP contribution in [0.4, 0.5) is 10.1 Å². The molecule has 0 aliphatic rings. The fraction of sp³-hybridized carbons (Fsp3) is 0.174. The molecule has 0 fully saturated rings. The van der Waals surface area contributed by atoms with Crippen molar-refractivity contribution in [2.75, 3.05) is 5.32 Å². The number of benzene rings is 2. The van der Waals surface area contributed by atoms with Crippen LogP contribution in [0.5, 0.6) is 0 Å². The van der Waals surface area contributed by atoms with Crippen molar-refractivity contribution in [3.05, 3.63) is 101 Å². The number of nitrogens with one attached hydrogen (secondary N) is 1. The van der Waals surface area contributed by atoms with Gasteiger partial charge in [-0.3, -0.25) is 14.2 Å². The van der Waals surface area contributed by atoms with Crippen molar-refractivity contribution in [3.8, 4) is 0 Å². The number of carbonyl (C=O) groups is 1. The largest absolute Gasteiger partial charge is 0.319 e. The Bertz CT molecular complexity index is 1190. The number of hydrogen-bond donors (Lipinski definition) is 1. The van der Waals surface area contributed by atoms with Gasteiger partial charge >= 0.3 is 0 Å². The fourth-order valence-corrected chi connectivity index (χ4v) is 3.34. The molecule has 0 bridgehead atoms. The van der Waals surface area contributed by atoms with Crippen molar-refractivity contribution >= 4 is 11.6 Å². The quantitative estimate of drug-likeness (QED) is 0.525. The minimum absolute atomic E-state index is 0.226. The second kappa shape index (κ2) is 8.32. The second-order valence-corrected chi connectivity index (χ2v) is 7.26. The van der Waals surface area contributed by atoms with Crippen molar-refractivity contribution in [2.24, 2.45) is 0 Å². The van der Waals surface area contributed by atoms with Gasteiger partial charge in [-0.2, -0.15) is 10.2 Å². The summed E-state index contributed by atoms with van der Waals surface area (Å²) in [5.41, 5.74) is 4.68. The third-order valence-electron chi connectivity index (χ3n) is 4.81. The van der Waals surface area contributed by atoms with E-state index in [1.54, 1.807) is 41.3 Å². The van der Waals surface area contributed by atoms with Gasteiger partial charge in [-0.05, 0) is 43.7 Å². The van der Waals surface area contributed by atoms with E-state index in [0.29, 0.717) is 29.9 Å². The molecule has 2 aromatic heterocycles. The third-order valence-corrected chi connectivity index (χ3v) is 4.81. The van der Waals surface area contributed by atoms with E-state index in [-0.39, 0.29) is 11.7 Å². The SMILES string of the molecule is Cc1cc(C)n(Cc2cccc(C(=O)Nc3cnn(Cc4ccccc4F)c3)c2)n1. The Balaban J connectivity index is 1.44. The fourth-order valence-electron chi connectivity index (χ4n) is 3.34. The first-order valence-electron chi connectivity index (χ1n) is 9.65. The lowest BCUT2D eigenvalue weighted by atomic mass is 10.1. The summed E-state index contributed by atoms with van der Waals surface area (Å²) in [6, 6.07) is 16.0. The van der Waals surface area contributed by atoms with Crippen molar-refractivity contribution in [3.63, 3.8) is 0 Å². The van der Waals surface area contributed by atoms with Crippen LogP contribution in [0.2, 0.25) is 0 Å². The first-order chi connectivity index (χ1) is 14.5. The number of hydrogen-bond acceptors (Lipinski definition) is 3. The lowest BCUT2D eigenvalue weighted by Crippen LogP contribution is -2.12. The van der Waals surface area contributed by atoms with Gasteiger partial charge in [0, 0.05) is 23.0 Å². The summed E-state index contributed by atoms with van der Waals surface area (Å²) in [5, 5.41) is 11.5. The number of rotatable bonds is 6. The molecule has 0 saturated carbocycles. The predicted molar refractivity (Wildman–Crippen MR) is 113 cm³/mol. The Morgan fingerprint density at radius 3 is 2.67 bits per heavy atom. The van der Waals surface area contributed by atoms with E-state index < -0.39 is 0 Å². The average Bonchev–Trinajstić information content (AvgIpc) is 3.29. The van der Waals surface area contributed by atoms with Crippen LogP contribution in [-0.2, 0) is 13.1 Å². The Hall–Kier alpha value is -3.74. The Morgan fingerprint density at radius 1 is 1.07 bits per heavy atom. The zero-order valence-corrected chi connectivity index (χ0v) is 16.8. The maximum Gasteiger partial charge on any atom is 0.255 e. The molecule has 0 unspecified atom stereocenters. The molecule has 30 heavy (non-hydrogen) atoms. The second-order valence-electron chi connectivity index (χ2n) is 7.26. The number of carbonyl (C=O) groups excluding carboxylic acids is 1. The summed E-state index contributed by atoms with van der Waals surface area (Å²) in [4.78, 5) is 12.7. The molecule has 1 N–H and O–H groups in total. The number of amides is 1. The highest BCUT2D eigenvalue weighted by Gasteiger charge is 2.10. The molecule has 0 spiro atoms. The highest BCUT2D eigenvalue weighted by molar-refractivity contribution is 6.04. The maximum absolute atomic E-state index is 13.8. The molecule has 0 saturated heterocycles. The van der Waals surface area contributed by atoms with Gasteiger partial charge in [0.1, 0.15) is 5.82 Å². The maximum atomic E-state index is 13.8. The van der Waals surface area contributed by atoms with Gasteiger partial charge in [0.2, 0.25) is 0 Å². The molecule has 2 heterocycles. The number of aryl methyl sites for hydroxylation is 2. The van der Waals surface area contributed by atoms with Crippen molar-refractivity contribution < 1.29 is 9.18 Å². The highest BCUT2D eigenvalue weighted by atomic mass is 19.1. The molecule has 0 aliphatic carbocycles. The van der Waals surface area contributed by atoms with Gasteiger partial charge in [-0.25, -0.2) is 4.39 Å². The van der Waals surface area contributed by atoms with Gasteiger partial charge in [-0.15, -0.1) is 0 Å². The van der Waals surface area contributed by atoms with Crippen LogP contribution in [0.1, 0.15) is 32.9 Å². The number of anilines is 1. The number of nitrogens with zero attached hydrogens (tertiary/aromatic N) is 4. The van der Waals surface area contributed by atoms with Gasteiger partial charge in [0.25, 0.3) is 5.91 Å². The molecular formula is C23H22FN5O. The van der Waals surface area contributed by atoms with E-state index in [1.807, 2.05) is 42.8 Å². The Kier molecular flexibility index (Phi) is 5.43. The smallest absolute Gasteiger partial charge is 0.255 e. The highest BCUT2D eigenvalue weighted by Crippen LogP contribution is 2.14. The molecule has 4 rings (SSSR count). The average molecular weight is 403 g/mol. The Labute approximate surface area is 174 Å². The number of aromatic nitrogens is 4. The van der Waals surface area contributed by atoms with E-state index in [2.05, 4.69) is 15.5 Å². The van der Waals surface area contributed by atoms with Crippen molar-refractivity contribution in [2.45, 2.75) is 26.9 Å². The molecule has 1 amide bonds. The Morgan fingerprint density at radius 2 is 1.90 bits per heavy atom. The van der Waals surface area contributed by atoms with Gasteiger partial charge in [-0.1, -0.05) is 30.3 Å². The zero-order chi connectivity index (χ0) is 21.1. The van der Waals surface area contributed by atoms with Crippen LogP contribution in [-0.4, -0.2) is 25.5 Å². The van der Waals surface area contributed by atoms with Crippen LogP contribution >= 0.6 is 0 Å². The molecule has 2 aromatic carbocycles. The molecule has 0 atom stereocenters. The van der Waals surface area contributed by atoms with E-state index >= 15 is 0 Å². The third kappa shape index (κ3) is 4.46. The van der Waals surface area contributed by atoms with E-state index in [4.69, 9.17) is 0 Å². The summed E-state index contributed by atoms with van der Waals surface area (Å²) in [7, 11) is 0. The summed E-state index contributed by atoms with van der Waals surface area (Å²) in [5.74, 6) is -0.506. The lowest BCUT2D eigenvalue weighted by Gasteiger charge is -2.07. The van der Waals surface area contributed by atoms with E-state index in [9.17, 15) is 9.18 Å². The van der Waals surface area contributed by atoms with Crippen molar-refractivity contribution in [1.82, 2.24) is 19.6 Å². The van der Waals surface area contributed by atoms with Crippen LogP contribution in [0.3, 0.4) is 0 Å². The molecule has 152 valence electrons. The lowest BCUT2D eigenvalue weighted by molar-refractivity contribution is 0.102. The van der Waals surface area contributed by atoms with E-state index in [0.717, 1.165) is 17.0 Å². The first kappa shape index (κ1) is 19.6. The van der Waals surface area contributed by atoms with Crippen LogP contribution in [0, 0.1) is 19.7 Å². The van der Waals surface area contributed by atoms with Crippen molar-refractivity contribution in [1.29, 1.82) is 0 Å². The van der Waals surface area contributed by atoms with Gasteiger partial charge in [0.15, 0.2) is 0 Å². The van der Waals surface area contributed by atoms with Gasteiger partial charge < -0.3 is 5.32 Å². The predicted octanol–water partition coefficient (Wildman–Crippen LogP) is 4.18. The molecule has 4 aromatic rings. The minimum Gasteiger partial charge on any atom is -0.319 e. The van der Waals surface area contributed by atoms with Crippen LogP contribution < -0.4 is 5.32 Å². The molecule has 0 aliphatic heterocycles. The molecular weight excluding hydrogens is 381 g/mol. The molecule has 7 heteroatoms. The molecule has 0 radical (unpaired) electrons. The minimum atomic E-state index is -0.280. The summed E-state index contributed by atoms with van der Waals surface area (Å²) in [6.07, 6.45) is 3.24. The van der Waals surface area contributed by atoms with Crippen LogP contribution in [0.25, 0.3) is 0 Å². The van der Waals surface area contributed by atoms with E-state index in [1.165, 1.54) is 6.07 Å². The summed E-state index contributed by atoms with van der Waals surface area (Å²) in [6.45, 7) is 4.86. The summed E-state index contributed by atoms with van der Waals surface area (Å²) >= 11 is 0.